The van der Waals surface area contributed by atoms with Crippen molar-refractivity contribution in [3.05, 3.63) is 84.0 Å². The van der Waals surface area contributed by atoms with Crippen LogP contribution in [0.25, 0.3) is 0 Å². The first-order valence-corrected chi connectivity index (χ1v) is 8.80. The molecular formula is C17H14N4O3S. The zero-order valence-electron chi connectivity index (χ0n) is 13.0. The van der Waals surface area contributed by atoms with Crippen molar-refractivity contribution >= 4 is 27.1 Å². The molecule has 0 amide bonds. The second kappa shape index (κ2) is 7.10. The summed E-state index contributed by atoms with van der Waals surface area (Å²) in [5.74, 6) is 0. The molecule has 3 rings (SSSR count). The second-order valence-electron chi connectivity index (χ2n) is 5.07. The Morgan fingerprint density at radius 2 is 1.56 bits per heavy atom. The van der Waals surface area contributed by atoms with Gasteiger partial charge in [-0.1, -0.05) is 18.2 Å². The van der Waals surface area contributed by atoms with E-state index in [-0.39, 0.29) is 4.90 Å². The summed E-state index contributed by atoms with van der Waals surface area (Å²) in [5, 5.41) is 4.24. The minimum Gasteiger partial charge on any atom is -0.280 e. The van der Waals surface area contributed by atoms with Crippen LogP contribution in [0.5, 0.6) is 0 Å². The number of aromatic nitrogens is 1. The fourth-order valence-electron chi connectivity index (χ4n) is 2.20. The van der Waals surface area contributed by atoms with Crippen molar-refractivity contribution in [1.82, 2.24) is 4.98 Å². The van der Waals surface area contributed by atoms with Crippen molar-refractivity contribution in [1.29, 1.82) is 0 Å². The molecule has 1 aromatic heterocycles. The van der Waals surface area contributed by atoms with Crippen molar-refractivity contribution < 1.29 is 8.42 Å². The third-order valence-electron chi connectivity index (χ3n) is 3.39. The summed E-state index contributed by atoms with van der Waals surface area (Å²) in [6.45, 7) is 0. The normalized spacial score (nSPS) is 10.9. The largest absolute Gasteiger partial charge is 0.280 e. The van der Waals surface area contributed by atoms with E-state index in [2.05, 4.69) is 15.0 Å². The van der Waals surface area contributed by atoms with Gasteiger partial charge in [-0.15, -0.1) is 4.91 Å². The first-order chi connectivity index (χ1) is 12.1. The number of benzene rings is 2. The van der Waals surface area contributed by atoms with Gasteiger partial charge < -0.3 is 0 Å². The van der Waals surface area contributed by atoms with Crippen LogP contribution in [-0.2, 0) is 10.0 Å². The summed E-state index contributed by atoms with van der Waals surface area (Å²) in [6.07, 6.45) is 2.77. The number of nitrogens with zero attached hydrogens (tertiary/aromatic N) is 3. The highest BCUT2D eigenvalue weighted by molar-refractivity contribution is 7.92. The average molecular weight is 354 g/mol. The van der Waals surface area contributed by atoms with Crippen molar-refractivity contribution in [2.45, 2.75) is 4.90 Å². The maximum atomic E-state index is 12.3. The Hall–Kier alpha value is -3.26. The minimum absolute atomic E-state index is 0.0690. The number of hydrogen-bond donors (Lipinski definition) is 1. The topological polar surface area (TPSA) is 91.7 Å². The van der Waals surface area contributed by atoms with E-state index >= 15 is 0 Å². The molecule has 0 fully saturated rings. The number of para-hydroxylation sites is 1. The molecule has 0 bridgehead atoms. The van der Waals surface area contributed by atoms with Gasteiger partial charge in [-0.2, -0.15) is 5.01 Å². The van der Waals surface area contributed by atoms with Crippen LogP contribution in [0.4, 0.5) is 17.1 Å². The standard InChI is InChI=1S/C17H14N4O3S/c22-20-21(15-5-2-1-3-6-15)16-10-8-14(9-11-16)19-25(23,24)17-7-4-12-18-13-17/h1-13,19H. The van der Waals surface area contributed by atoms with Gasteiger partial charge in [0, 0.05) is 18.1 Å². The fourth-order valence-corrected chi connectivity index (χ4v) is 3.22. The molecule has 0 aliphatic heterocycles. The Balaban J connectivity index is 1.82. The van der Waals surface area contributed by atoms with Gasteiger partial charge in [0.15, 0.2) is 0 Å². The number of pyridine rings is 1. The average Bonchev–Trinajstić information content (AvgIpc) is 2.65. The summed E-state index contributed by atoms with van der Waals surface area (Å²) in [6, 6.07) is 18.3. The summed E-state index contributed by atoms with van der Waals surface area (Å²) >= 11 is 0. The Labute approximate surface area is 145 Å². The maximum absolute atomic E-state index is 12.3. The van der Waals surface area contributed by atoms with Crippen LogP contribution >= 0.6 is 0 Å². The Kier molecular flexibility index (Phi) is 4.71. The third kappa shape index (κ3) is 3.81. The monoisotopic (exact) mass is 354 g/mol. The zero-order valence-corrected chi connectivity index (χ0v) is 13.8. The Bertz CT molecular complexity index is 946. The predicted octanol–water partition coefficient (Wildman–Crippen LogP) is 3.70. The summed E-state index contributed by atoms with van der Waals surface area (Å²) in [5.41, 5.74) is 1.50. The second-order valence-corrected chi connectivity index (χ2v) is 6.75. The number of hydrogen-bond acceptors (Lipinski definition) is 5. The number of nitrogens with one attached hydrogen (secondary N) is 1. The maximum Gasteiger partial charge on any atom is 0.263 e. The quantitative estimate of drug-likeness (QED) is 0.538. The summed E-state index contributed by atoms with van der Waals surface area (Å²) < 4.78 is 27.0. The molecule has 1 N–H and O–H groups in total. The van der Waals surface area contributed by atoms with Gasteiger partial charge in [0.2, 0.25) is 0 Å². The van der Waals surface area contributed by atoms with E-state index in [1.165, 1.54) is 23.5 Å². The molecule has 25 heavy (non-hydrogen) atoms. The lowest BCUT2D eigenvalue weighted by Gasteiger charge is -2.16. The molecule has 0 aliphatic carbocycles. The first kappa shape index (κ1) is 16.6. The van der Waals surface area contributed by atoms with Crippen molar-refractivity contribution in [2.24, 2.45) is 5.29 Å². The van der Waals surface area contributed by atoms with Crippen molar-refractivity contribution in [3.63, 3.8) is 0 Å². The van der Waals surface area contributed by atoms with Gasteiger partial charge in [0.05, 0.1) is 16.7 Å². The van der Waals surface area contributed by atoms with Crippen LogP contribution < -0.4 is 9.73 Å². The highest BCUT2D eigenvalue weighted by Gasteiger charge is 2.15. The van der Waals surface area contributed by atoms with Crippen molar-refractivity contribution in [2.75, 3.05) is 9.73 Å². The van der Waals surface area contributed by atoms with Gasteiger partial charge >= 0.3 is 0 Å². The predicted molar refractivity (Wildman–Crippen MR) is 95.9 cm³/mol. The third-order valence-corrected chi connectivity index (χ3v) is 4.76. The highest BCUT2D eigenvalue weighted by atomic mass is 32.2. The fraction of sp³-hybridized carbons (Fsp3) is 0. The molecule has 2 aromatic carbocycles. The lowest BCUT2D eigenvalue weighted by Crippen LogP contribution is -2.13. The number of anilines is 3. The van der Waals surface area contributed by atoms with E-state index in [9.17, 15) is 13.3 Å². The van der Waals surface area contributed by atoms with Gasteiger partial charge in [0.25, 0.3) is 10.0 Å². The van der Waals surface area contributed by atoms with E-state index in [4.69, 9.17) is 0 Å². The molecule has 0 unspecified atom stereocenters. The van der Waals surface area contributed by atoms with Crippen LogP contribution in [0.3, 0.4) is 0 Å². The van der Waals surface area contributed by atoms with Crippen molar-refractivity contribution in [3.8, 4) is 0 Å². The van der Waals surface area contributed by atoms with Crippen LogP contribution in [0.15, 0.2) is 89.3 Å². The molecule has 0 atom stereocenters. The summed E-state index contributed by atoms with van der Waals surface area (Å²) in [4.78, 5) is 15.0. The Morgan fingerprint density at radius 1 is 0.880 bits per heavy atom. The molecule has 0 aliphatic rings. The number of rotatable bonds is 6. The SMILES string of the molecule is O=NN(c1ccccc1)c1ccc(NS(=O)(=O)c2cccnc2)cc1. The molecule has 0 radical (unpaired) electrons. The molecular weight excluding hydrogens is 340 g/mol. The Morgan fingerprint density at radius 3 is 2.16 bits per heavy atom. The van der Waals surface area contributed by atoms with E-state index in [0.717, 1.165) is 0 Å². The molecule has 126 valence electrons. The molecule has 0 saturated carbocycles. The van der Waals surface area contributed by atoms with E-state index < -0.39 is 10.0 Å². The van der Waals surface area contributed by atoms with Crippen LogP contribution in [0.1, 0.15) is 0 Å². The van der Waals surface area contributed by atoms with E-state index in [0.29, 0.717) is 17.1 Å². The molecule has 7 nitrogen and oxygen atoms in total. The smallest absolute Gasteiger partial charge is 0.263 e. The van der Waals surface area contributed by atoms with Crippen LogP contribution in [0.2, 0.25) is 0 Å². The molecule has 8 heteroatoms. The van der Waals surface area contributed by atoms with E-state index in [1.807, 2.05) is 6.07 Å². The van der Waals surface area contributed by atoms with Gasteiger partial charge in [-0.3, -0.25) is 9.71 Å². The lowest BCUT2D eigenvalue weighted by atomic mass is 10.2. The zero-order chi connectivity index (χ0) is 17.7. The summed E-state index contributed by atoms with van der Waals surface area (Å²) in [7, 11) is -3.72. The number of sulfonamides is 1. The molecule has 0 saturated heterocycles. The van der Waals surface area contributed by atoms with Gasteiger partial charge in [0.1, 0.15) is 4.90 Å². The van der Waals surface area contributed by atoms with E-state index in [1.54, 1.807) is 54.6 Å². The molecule has 0 spiro atoms. The van der Waals surface area contributed by atoms with Crippen LogP contribution in [0, 0.1) is 4.91 Å². The van der Waals surface area contributed by atoms with Gasteiger partial charge in [-0.05, 0) is 48.5 Å². The first-order valence-electron chi connectivity index (χ1n) is 7.31. The van der Waals surface area contributed by atoms with Crippen LogP contribution in [-0.4, -0.2) is 13.4 Å². The van der Waals surface area contributed by atoms with Gasteiger partial charge in [-0.25, -0.2) is 8.42 Å². The molecule has 1 heterocycles. The number of nitroso groups, excluding NO2 is 1. The molecule has 3 aromatic rings. The lowest BCUT2D eigenvalue weighted by molar-refractivity contribution is 0.601. The highest BCUT2D eigenvalue weighted by Crippen LogP contribution is 2.27. The minimum atomic E-state index is -3.72.